The Balaban J connectivity index is 1.54. The third-order valence-electron chi connectivity index (χ3n) is 4.08. The zero-order valence-electron chi connectivity index (χ0n) is 12.6. The molecule has 2 heterocycles. The molecule has 1 saturated heterocycles. The lowest BCUT2D eigenvalue weighted by atomic mass is 10.2. The predicted octanol–water partition coefficient (Wildman–Crippen LogP) is 3.21. The number of piperazine rings is 1. The number of nitrogen functional groups attached to an aromatic ring is 1. The van der Waals surface area contributed by atoms with Crippen molar-refractivity contribution in [3.05, 3.63) is 46.2 Å². The Labute approximate surface area is 131 Å². The molecule has 0 unspecified atom stereocenters. The zero-order valence-corrected chi connectivity index (χ0v) is 13.4. The Morgan fingerprint density at radius 2 is 1.62 bits per heavy atom. The van der Waals surface area contributed by atoms with E-state index >= 15 is 0 Å². The minimum atomic E-state index is 0.835. The van der Waals surface area contributed by atoms with E-state index in [1.54, 1.807) is 0 Å². The van der Waals surface area contributed by atoms with Crippen LogP contribution in [0.5, 0.6) is 0 Å². The monoisotopic (exact) mass is 301 g/mol. The van der Waals surface area contributed by atoms with Gasteiger partial charge in [0.25, 0.3) is 0 Å². The quantitative estimate of drug-likeness (QED) is 0.880. The number of nitrogens with zero attached hydrogens (tertiary/aromatic N) is 2. The van der Waals surface area contributed by atoms with Crippen molar-refractivity contribution in [1.82, 2.24) is 4.90 Å². The van der Waals surface area contributed by atoms with Crippen LogP contribution in [0.2, 0.25) is 0 Å². The zero-order chi connectivity index (χ0) is 14.7. The fourth-order valence-electron chi connectivity index (χ4n) is 2.77. The summed E-state index contributed by atoms with van der Waals surface area (Å²) in [5.74, 6) is 0. The fraction of sp³-hybridized carbons (Fsp3) is 0.412. The number of anilines is 2. The SMILES string of the molecule is CCc1ccc(CN2CCN(c3ccc(N)cc3)CC2)s1. The summed E-state index contributed by atoms with van der Waals surface area (Å²) in [5.41, 5.74) is 7.87. The maximum absolute atomic E-state index is 5.75. The molecule has 1 fully saturated rings. The predicted molar refractivity (Wildman–Crippen MR) is 92.0 cm³/mol. The summed E-state index contributed by atoms with van der Waals surface area (Å²) in [6, 6.07) is 12.8. The van der Waals surface area contributed by atoms with Crippen LogP contribution in [0, 0.1) is 0 Å². The topological polar surface area (TPSA) is 32.5 Å². The number of aryl methyl sites for hydroxylation is 1. The standard InChI is InChI=1S/C17H23N3S/c1-2-16-7-8-17(21-16)13-19-9-11-20(12-10-19)15-5-3-14(18)4-6-15/h3-8H,2,9-13,18H2,1H3. The van der Waals surface area contributed by atoms with Crippen molar-refractivity contribution in [2.75, 3.05) is 36.8 Å². The van der Waals surface area contributed by atoms with Gasteiger partial charge in [-0.15, -0.1) is 11.3 Å². The van der Waals surface area contributed by atoms with Gasteiger partial charge in [-0.3, -0.25) is 4.90 Å². The molecule has 112 valence electrons. The number of rotatable bonds is 4. The molecular weight excluding hydrogens is 278 g/mol. The van der Waals surface area contributed by atoms with Gasteiger partial charge in [-0.05, 0) is 42.8 Å². The van der Waals surface area contributed by atoms with E-state index in [1.807, 2.05) is 23.5 Å². The second kappa shape index (κ2) is 6.50. The summed E-state index contributed by atoms with van der Waals surface area (Å²) in [7, 11) is 0. The normalized spacial score (nSPS) is 16.3. The van der Waals surface area contributed by atoms with Crippen LogP contribution >= 0.6 is 11.3 Å². The van der Waals surface area contributed by atoms with Gasteiger partial charge in [-0.2, -0.15) is 0 Å². The smallest absolute Gasteiger partial charge is 0.0368 e. The summed E-state index contributed by atoms with van der Waals surface area (Å²) in [4.78, 5) is 7.99. The van der Waals surface area contributed by atoms with Crippen LogP contribution in [0.25, 0.3) is 0 Å². The van der Waals surface area contributed by atoms with E-state index in [-0.39, 0.29) is 0 Å². The highest BCUT2D eigenvalue weighted by Gasteiger charge is 2.17. The highest BCUT2D eigenvalue weighted by atomic mass is 32.1. The first-order valence-electron chi connectivity index (χ1n) is 7.65. The first kappa shape index (κ1) is 14.4. The van der Waals surface area contributed by atoms with Crippen molar-refractivity contribution in [3.63, 3.8) is 0 Å². The summed E-state index contributed by atoms with van der Waals surface area (Å²) < 4.78 is 0. The Bertz CT molecular complexity index is 568. The highest BCUT2D eigenvalue weighted by molar-refractivity contribution is 7.11. The van der Waals surface area contributed by atoms with Gasteiger partial charge in [0.1, 0.15) is 0 Å². The first-order valence-corrected chi connectivity index (χ1v) is 8.46. The van der Waals surface area contributed by atoms with Crippen LogP contribution in [0.3, 0.4) is 0 Å². The average Bonchev–Trinajstić information content (AvgIpc) is 2.97. The van der Waals surface area contributed by atoms with E-state index in [9.17, 15) is 0 Å². The molecule has 0 aliphatic carbocycles. The molecule has 2 aromatic rings. The Morgan fingerprint density at radius 3 is 2.24 bits per heavy atom. The third kappa shape index (κ3) is 3.57. The minimum absolute atomic E-state index is 0.835. The van der Waals surface area contributed by atoms with Crippen molar-refractivity contribution in [2.24, 2.45) is 0 Å². The van der Waals surface area contributed by atoms with E-state index in [2.05, 4.69) is 41.0 Å². The number of benzene rings is 1. The Hall–Kier alpha value is -1.52. The second-order valence-corrected chi connectivity index (χ2v) is 6.83. The molecule has 0 saturated carbocycles. The molecule has 2 N–H and O–H groups in total. The van der Waals surface area contributed by atoms with Crippen LogP contribution in [0.15, 0.2) is 36.4 Å². The molecule has 1 aliphatic heterocycles. The fourth-order valence-corrected chi connectivity index (χ4v) is 3.77. The Kier molecular flexibility index (Phi) is 4.46. The molecule has 4 heteroatoms. The van der Waals surface area contributed by atoms with Gasteiger partial charge in [0.2, 0.25) is 0 Å². The lowest BCUT2D eigenvalue weighted by molar-refractivity contribution is 0.252. The van der Waals surface area contributed by atoms with Crippen LogP contribution in [-0.4, -0.2) is 31.1 Å². The van der Waals surface area contributed by atoms with Gasteiger partial charge in [-0.1, -0.05) is 6.92 Å². The third-order valence-corrected chi connectivity index (χ3v) is 5.29. The van der Waals surface area contributed by atoms with E-state index in [4.69, 9.17) is 5.73 Å². The molecule has 21 heavy (non-hydrogen) atoms. The van der Waals surface area contributed by atoms with Crippen molar-refractivity contribution in [1.29, 1.82) is 0 Å². The van der Waals surface area contributed by atoms with Gasteiger partial charge >= 0.3 is 0 Å². The molecule has 0 atom stereocenters. The maximum Gasteiger partial charge on any atom is 0.0368 e. The molecular formula is C17H23N3S. The highest BCUT2D eigenvalue weighted by Crippen LogP contribution is 2.21. The summed E-state index contributed by atoms with van der Waals surface area (Å²) in [5, 5.41) is 0. The average molecular weight is 301 g/mol. The van der Waals surface area contributed by atoms with E-state index in [1.165, 1.54) is 15.4 Å². The summed E-state index contributed by atoms with van der Waals surface area (Å²) >= 11 is 1.96. The minimum Gasteiger partial charge on any atom is -0.399 e. The summed E-state index contributed by atoms with van der Waals surface area (Å²) in [6.07, 6.45) is 1.15. The number of hydrogen-bond donors (Lipinski definition) is 1. The second-order valence-electron chi connectivity index (χ2n) is 5.58. The number of nitrogens with two attached hydrogens (primary N) is 1. The van der Waals surface area contributed by atoms with Crippen molar-refractivity contribution >= 4 is 22.7 Å². The van der Waals surface area contributed by atoms with Gasteiger partial charge in [-0.25, -0.2) is 0 Å². The molecule has 1 aliphatic rings. The maximum atomic E-state index is 5.75. The molecule has 0 bridgehead atoms. The molecule has 1 aromatic heterocycles. The largest absolute Gasteiger partial charge is 0.399 e. The lowest BCUT2D eigenvalue weighted by Gasteiger charge is -2.36. The number of thiophene rings is 1. The molecule has 1 aromatic carbocycles. The van der Waals surface area contributed by atoms with Crippen molar-refractivity contribution in [2.45, 2.75) is 19.9 Å². The Morgan fingerprint density at radius 1 is 0.952 bits per heavy atom. The van der Waals surface area contributed by atoms with E-state index in [0.717, 1.165) is 44.8 Å². The summed E-state index contributed by atoms with van der Waals surface area (Å²) in [6.45, 7) is 7.76. The van der Waals surface area contributed by atoms with Gasteiger partial charge in [0, 0.05) is 53.9 Å². The molecule has 3 rings (SSSR count). The van der Waals surface area contributed by atoms with Gasteiger partial charge < -0.3 is 10.6 Å². The molecule has 0 amide bonds. The molecule has 3 nitrogen and oxygen atoms in total. The molecule has 0 radical (unpaired) electrons. The van der Waals surface area contributed by atoms with Gasteiger partial charge in [0.05, 0.1) is 0 Å². The molecule has 0 spiro atoms. The van der Waals surface area contributed by atoms with Crippen LogP contribution in [-0.2, 0) is 13.0 Å². The van der Waals surface area contributed by atoms with Crippen LogP contribution < -0.4 is 10.6 Å². The van der Waals surface area contributed by atoms with Crippen LogP contribution in [0.4, 0.5) is 11.4 Å². The van der Waals surface area contributed by atoms with E-state index in [0.29, 0.717) is 0 Å². The van der Waals surface area contributed by atoms with Crippen molar-refractivity contribution < 1.29 is 0 Å². The lowest BCUT2D eigenvalue weighted by Crippen LogP contribution is -2.45. The first-order chi connectivity index (χ1) is 10.2. The van der Waals surface area contributed by atoms with Crippen molar-refractivity contribution in [3.8, 4) is 0 Å². The van der Waals surface area contributed by atoms with Gasteiger partial charge in [0.15, 0.2) is 0 Å². The number of hydrogen-bond acceptors (Lipinski definition) is 4. The van der Waals surface area contributed by atoms with E-state index < -0.39 is 0 Å². The van der Waals surface area contributed by atoms with Crippen LogP contribution in [0.1, 0.15) is 16.7 Å².